The molecule has 1 rings (SSSR count). The van der Waals surface area contributed by atoms with Gasteiger partial charge in [0, 0.05) is 18.1 Å². The van der Waals surface area contributed by atoms with Crippen LogP contribution < -0.4 is 5.73 Å². The third-order valence-corrected chi connectivity index (χ3v) is 3.09. The molecule has 0 heterocycles. The van der Waals surface area contributed by atoms with E-state index >= 15 is 0 Å². The Kier molecular flexibility index (Phi) is 7.29. The second-order valence-electron chi connectivity index (χ2n) is 4.42. The number of benzene rings is 1. The molecule has 102 valence electrons. The monoisotopic (exact) mass is 290 g/mol. The Labute approximate surface area is 120 Å². The summed E-state index contributed by atoms with van der Waals surface area (Å²) in [6, 6.07) is 7.34. The van der Waals surface area contributed by atoms with E-state index < -0.39 is 6.04 Å². The first-order chi connectivity index (χ1) is 7.91. The van der Waals surface area contributed by atoms with Gasteiger partial charge in [-0.3, -0.25) is 4.79 Å². The van der Waals surface area contributed by atoms with E-state index in [2.05, 4.69) is 0 Å². The summed E-state index contributed by atoms with van der Waals surface area (Å²) in [5.74, 6) is -0.0357. The van der Waals surface area contributed by atoms with Crippen LogP contribution in [-0.4, -0.2) is 29.9 Å². The van der Waals surface area contributed by atoms with Gasteiger partial charge in [0.15, 0.2) is 0 Å². The van der Waals surface area contributed by atoms with Crippen molar-refractivity contribution in [3.8, 4) is 0 Å². The van der Waals surface area contributed by atoms with Crippen molar-refractivity contribution in [1.29, 1.82) is 0 Å². The molecule has 1 aromatic rings. The number of rotatable bonds is 4. The minimum atomic E-state index is -0.451. The predicted octanol–water partition coefficient (Wildman–Crippen LogP) is 2.50. The van der Waals surface area contributed by atoms with E-state index in [-0.39, 0.29) is 24.4 Å². The fourth-order valence-electron chi connectivity index (χ4n) is 1.64. The van der Waals surface area contributed by atoms with Gasteiger partial charge in [0.05, 0.1) is 6.04 Å². The third kappa shape index (κ3) is 4.84. The summed E-state index contributed by atoms with van der Waals surface area (Å²) in [6.45, 7) is 3.71. The molecule has 0 fully saturated rings. The minimum Gasteiger partial charge on any atom is -0.341 e. The van der Waals surface area contributed by atoms with Gasteiger partial charge in [-0.25, -0.2) is 0 Å². The van der Waals surface area contributed by atoms with Crippen LogP contribution in [-0.2, 0) is 11.2 Å². The third-order valence-electron chi connectivity index (χ3n) is 2.84. The number of halogens is 2. The quantitative estimate of drug-likeness (QED) is 0.926. The van der Waals surface area contributed by atoms with Crippen molar-refractivity contribution in [2.24, 2.45) is 5.73 Å². The first-order valence-corrected chi connectivity index (χ1v) is 6.06. The zero-order valence-electron chi connectivity index (χ0n) is 10.9. The van der Waals surface area contributed by atoms with Gasteiger partial charge in [0.2, 0.25) is 5.91 Å². The number of nitrogens with zero attached hydrogens (tertiary/aromatic N) is 1. The summed E-state index contributed by atoms with van der Waals surface area (Å²) in [5.41, 5.74) is 6.74. The van der Waals surface area contributed by atoms with Gasteiger partial charge in [-0.05, 0) is 38.0 Å². The molecule has 18 heavy (non-hydrogen) atoms. The fourth-order valence-corrected chi connectivity index (χ4v) is 1.76. The topological polar surface area (TPSA) is 46.3 Å². The average molecular weight is 291 g/mol. The molecular formula is C13H20Cl2N2O. The summed E-state index contributed by atoms with van der Waals surface area (Å²) >= 11 is 5.82. The number of hydrogen-bond acceptors (Lipinski definition) is 2. The minimum absolute atomic E-state index is 0. The van der Waals surface area contributed by atoms with E-state index in [0.29, 0.717) is 0 Å². The number of hydrogen-bond donors (Lipinski definition) is 1. The van der Waals surface area contributed by atoms with E-state index in [1.54, 1.807) is 18.9 Å². The molecule has 0 aliphatic carbocycles. The first kappa shape index (κ1) is 17.2. The summed E-state index contributed by atoms with van der Waals surface area (Å²) in [4.78, 5) is 13.4. The maximum absolute atomic E-state index is 11.7. The highest BCUT2D eigenvalue weighted by Crippen LogP contribution is 2.13. The number of amides is 1. The van der Waals surface area contributed by atoms with Crippen LogP contribution in [0.1, 0.15) is 19.4 Å². The molecule has 2 atom stereocenters. The standard InChI is InChI=1S/C13H19ClN2O.ClH/c1-9(16(3)13(17)10(2)15)8-11-4-6-12(14)7-5-11;/h4-7,9-10H,8,15H2,1-3H3;1H/t9?,10-;/m1./s1. The zero-order valence-corrected chi connectivity index (χ0v) is 12.5. The molecule has 0 aliphatic rings. The smallest absolute Gasteiger partial charge is 0.239 e. The van der Waals surface area contributed by atoms with E-state index in [0.717, 1.165) is 17.0 Å². The van der Waals surface area contributed by atoms with Crippen molar-refractivity contribution in [1.82, 2.24) is 4.90 Å². The number of carbonyl (C=O) groups excluding carboxylic acids is 1. The van der Waals surface area contributed by atoms with E-state index in [1.165, 1.54) is 0 Å². The van der Waals surface area contributed by atoms with Crippen LogP contribution in [0.25, 0.3) is 0 Å². The van der Waals surface area contributed by atoms with Gasteiger partial charge < -0.3 is 10.6 Å². The largest absolute Gasteiger partial charge is 0.341 e. The van der Waals surface area contributed by atoms with E-state index in [1.807, 2.05) is 31.2 Å². The highest BCUT2D eigenvalue weighted by atomic mass is 35.5. The van der Waals surface area contributed by atoms with Crippen LogP contribution in [0.5, 0.6) is 0 Å². The van der Waals surface area contributed by atoms with Gasteiger partial charge >= 0.3 is 0 Å². The van der Waals surface area contributed by atoms with Crippen LogP contribution in [0.3, 0.4) is 0 Å². The van der Waals surface area contributed by atoms with Gasteiger partial charge in [-0.1, -0.05) is 23.7 Å². The normalized spacial score (nSPS) is 13.4. The van der Waals surface area contributed by atoms with Crippen LogP contribution in [0.4, 0.5) is 0 Å². The highest BCUT2D eigenvalue weighted by Gasteiger charge is 2.18. The number of likely N-dealkylation sites (N-methyl/N-ethyl adjacent to an activating group) is 1. The Balaban J connectivity index is 0.00000289. The van der Waals surface area contributed by atoms with E-state index in [4.69, 9.17) is 17.3 Å². The van der Waals surface area contributed by atoms with Crippen molar-refractivity contribution in [3.63, 3.8) is 0 Å². The molecule has 0 bridgehead atoms. The number of nitrogens with two attached hydrogens (primary N) is 1. The van der Waals surface area contributed by atoms with Gasteiger partial charge in [-0.2, -0.15) is 0 Å². The van der Waals surface area contributed by atoms with Crippen molar-refractivity contribution in [2.75, 3.05) is 7.05 Å². The van der Waals surface area contributed by atoms with Crippen LogP contribution >= 0.6 is 24.0 Å². The Morgan fingerprint density at radius 3 is 2.28 bits per heavy atom. The van der Waals surface area contributed by atoms with Crippen molar-refractivity contribution in [3.05, 3.63) is 34.9 Å². The lowest BCUT2D eigenvalue weighted by Gasteiger charge is -2.26. The highest BCUT2D eigenvalue weighted by molar-refractivity contribution is 6.30. The molecule has 2 N–H and O–H groups in total. The van der Waals surface area contributed by atoms with Crippen LogP contribution in [0.2, 0.25) is 5.02 Å². The molecule has 0 aliphatic heterocycles. The lowest BCUT2D eigenvalue weighted by Crippen LogP contribution is -2.44. The lowest BCUT2D eigenvalue weighted by atomic mass is 10.1. The Morgan fingerprint density at radius 2 is 1.83 bits per heavy atom. The Hall–Kier alpha value is -0.770. The predicted molar refractivity (Wildman–Crippen MR) is 78.3 cm³/mol. The molecule has 0 aromatic heterocycles. The fraction of sp³-hybridized carbons (Fsp3) is 0.462. The molecule has 0 saturated heterocycles. The average Bonchev–Trinajstić information content (AvgIpc) is 2.30. The van der Waals surface area contributed by atoms with Gasteiger partial charge in [-0.15, -0.1) is 12.4 Å². The maximum atomic E-state index is 11.7. The first-order valence-electron chi connectivity index (χ1n) is 5.68. The van der Waals surface area contributed by atoms with Crippen molar-refractivity contribution < 1.29 is 4.79 Å². The molecule has 3 nitrogen and oxygen atoms in total. The molecule has 0 saturated carbocycles. The van der Waals surface area contributed by atoms with Crippen LogP contribution in [0.15, 0.2) is 24.3 Å². The molecule has 0 radical (unpaired) electrons. The summed E-state index contributed by atoms with van der Waals surface area (Å²) in [6.07, 6.45) is 0.798. The molecule has 1 aromatic carbocycles. The molecule has 0 spiro atoms. The van der Waals surface area contributed by atoms with Gasteiger partial charge in [0.1, 0.15) is 0 Å². The van der Waals surface area contributed by atoms with E-state index in [9.17, 15) is 4.79 Å². The number of carbonyl (C=O) groups is 1. The molecule has 5 heteroatoms. The van der Waals surface area contributed by atoms with Crippen molar-refractivity contribution >= 4 is 29.9 Å². The molecule has 1 unspecified atom stereocenters. The molecule has 1 amide bonds. The maximum Gasteiger partial charge on any atom is 0.239 e. The Morgan fingerprint density at radius 1 is 1.33 bits per heavy atom. The summed E-state index contributed by atoms with van der Waals surface area (Å²) < 4.78 is 0. The van der Waals surface area contributed by atoms with Crippen LogP contribution in [0, 0.1) is 0 Å². The Bertz CT molecular complexity index is 379. The SMILES string of the molecule is CC(Cc1ccc(Cl)cc1)N(C)C(=O)[C@@H](C)N.Cl. The van der Waals surface area contributed by atoms with Gasteiger partial charge in [0.25, 0.3) is 0 Å². The second kappa shape index (κ2) is 7.62. The summed E-state index contributed by atoms with van der Waals surface area (Å²) in [7, 11) is 1.78. The molecular weight excluding hydrogens is 271 g/mol. The lowest BCUT2D eigenvalue weighted by molar-refractivity contribution is -0.132. The van der Waals surface area contributed by atoms with Crippen molar-refractivity contribution in [2.45, 2.75) is 32.4 Å². The summed E-state index contributed by atoms with van der Waals surface area (Å²) in [5, 5.41) is 0.724. The second-order valence-corrected chi connectivity index (χ2v) is 4.85. The zero-order chi connectivity index (χ0) is 13.0.